The molecule has 1 heterocycles. The standard InChI is InChI=1S/C17H24N4O2/c1-12(13-10-18-21(5)11-13)19-14-6-8-15(9-7-14)20-16(22)23-17(2,3)4/h6-12,19H,1-5H3,(H,20,22). The van der Waals surface area contributed by atoms with Crippen LogP contribution in [0.4, 0.5) is 16.2 Å². The fourth-order valence-electron chi connectivity index (χ4n) is 2.07. The van der Waals surface area contributed by atoms with Gasteiger partial charge in [-0.2, -0.15) is 5.10 Å². The molecule has 0 aliphatic carbocycles. The second-order valence-electron chi connectivity index (χ2n) is 6.52. The van der Waals surface area contributed by atoms with E-state index >= 15 is 0 Å². The number of ether oxygens (including phenoxy) is 1. The van der Waals surface area contributed by atoms with Crippen LogP contribution in [-0.2, 0) is 11.8 Å². The first-order valence-electron chi connectivity index (χ1n) is 7.58. The molecule has 6 heteroatoms. The van der Waals surface area contributed by atoms with Gasteiger partial charge in [0.2, 0.25) is 0 Å². The summed E-state index contributed by atoms with van der Waals surface area (Å²) in [5.74, 6) is 0. The molecule has 6 nitrogen and oxygen atoms in total. The van der Waals surface area contributed by atoms with Crippen LogP contribution in [0.25, 0.3) is 0 Å². The predicted molar refractivity (Wildman–Crippen MR) is 91.5 cm³/mol. The van der Waals surface area contributed by atoms with Gasteiger partial charge in [-0.1, -0.05) is 0 Å². The van der Waals surface area contributed by atoms with Gasteiger partial charge in [0, 0.05) is 30.2 Å². The van der Waals surface area contributed by atoms with Gasteiger partial charge in [-0.25, -0.2) is 4.79 Å². The first kappa shape index (κ1) is 16.9. The van der Waals surface area contributed by atoms with E-state index in [1.165, 1.54) is 0 Å². The number of benzene rings is 1. The molecule has 1 amide bonds. The Kier molecular flexibility index (Phi) is 4.93. The zero-order valence-electron chi connectivity index (χ0n) is 14.3. The molecule has 0 saturated heterocycles. The van der Waals surface area contributed by atoms with Crippen LogP contribution in [0.1, 0.15) is 39.3 Å². The Hall–Kier alpha value is -2.50. The van der Waals surface area contributed by atoms with Crippen LogP contribution < -0.4 is 10.6 Å². The minimum atomic E-state index is -0.509. The van der Waals surface area contributed by atoms with Gasteiger partial charge in [-0.3, -0.25) is 10.00 Å². The molecule has 0 saturated carbocycles. The number of aryl methyl sites for hydroxylation is 1. The summed E-state index contributed by atoms with van der Waals surface area (Å²) in [7, 11) is 1.90. The molecular weight excluding hydrogens is 292 g/mol. The van der Waals surface area contributed by atoms with Crippen LogP contribution >= 0.6 is 0 Å². The highest BCUT2D eigenvalue weighted by Crippen LogP contribution is 2.20. The maximum atomic E-state index is 11.7. The number of rotatable bonds is 4. The number of aromatic nitrogens is 2. The van der Waals surface area contributed by atoms with Crippen molar-refractivity contribution in [3.8, 4) is 0 Å². The van der Waals surface area contributed by atoms with Gasteiger partial charge in [0.05, 0.1) is 12.2 Å². The van der Waals surface area contributed by atoms with Crippen molar-refractivity contribution < 1.29 is 9.53 Å². The third kappa shape index (κ3) is 5.32. The van der Waals surface area contributed by atoms with Crippen molar-refractivity contribution in [3.05, 3.63) is 42.2 Å². The molecule has 0 aliphatic heterocycles. The highest BCUT2D eigenvalue weighted by molar-refractivity contribution is 5.85. The van der Waals surface area contributed by atoms with E-state index in [-0.39, 0.29) is 6.04 Å². The molecule has 0 spiro atoms. The van der Waals surface area contributed by atoms with E-state index in [2.05, 4.69) is 22.7 Å². The smallest absolute Gasteiger partial charge is 0.412 e. The number of carbonyl (C=O) groups is 1. The molecule has 1 atom stereocenters. The molecular formula is C17H24N4O2. The Morgan fingerprint density at radius 3 is 2.35 bits per heavy atom. The van der Waals surface area contributed by atoms with Gasteiger partial charge >= 0.3 is 6.09 Å². The molecule has 0 aliphatic rings. The van der Waals surface area contributed by atoms with Crippen molar-refractivity contribution in [2.75, 3.05) is 10.6 Å². The summed E-state index contributed by atoms with van der Waals surface area (Å²) < 4.78 is 7.00. The number of nitrogens with zero attached hydrogens (tertiary/aromatic N) is 2. The fraction of sp³-hybridized carbons (Fsp3) is 0.412. The largest absolute Gasteiger partial charge is 0.444 e. The van der Waals surface area contributed by atoms with Gasteiger partial charge in [0.15, 0.2) is 0 Å². The lowest BCUT2D eigenvalue weighted by Crippen LogP contribution is -2.27. The van der Waals surface area contributed by atoms with Crippen molar-refractivity contribution in [1.29, 1.82) is 0 Å². The second-order valence-corrected chi connectivity index (χ2v) is 6.52. The van der Waals surface area contributed by atoms with Gasteiger partial charge in [-0.15, -0.1) is 0 Å². The highest BCUT2D eigenvalue weighted by atomic mass is 16.6. The van der Waals surface area contributed by atoms with Crippen molar-refractivity contribution in [1.82, 2.24) is 9.78 Å². The Balaban J connectivity index is 1.93. The Morgan fingerprint density at radius 1 is 1.22 bits per heavy atom. The third-order valence-electron chi connectivity index (χ3n) is 3.14. The molecule has 2 N–H and O–H groups in total. The monoisotopic (exact) mass is 316 g/mol. The molecule has 2 aromatic rings. The average Bonchev–Trinajstić information content (AvgIpc) is 2.85. The van der Waals surface area contributed by atoms with Gasteiger partial charge in [0.25, 0.3) is 0 Å². The SMILES string of the molecule is CC(Nc1ccc(NC(=O)OC(C)(C)C)cc1)c1cnn(C)c1. The van der Waals surface area contributed by atoms with E-state index < -0.39 is 11.7 Å². The number of nitrogens with one attached hydrogen (secondary N) is 2. The summed E-state index contributed by atoms with van der Waals surface area (Å²) in [6.07, 6.45) is 3.37. The van der Waals surface area contributed by atoms with Gasteiger partial charge in [0.1, 0.15) is 5.60 Å². The predicted octanol–water partition coefficient (Wildman–Crippen LogP) is 3.94. The van der Waals surface area contributed by atoms with E-state index in [9.17, 15) is 4.79 Å². The van der Waals surface area contributed by atoms with E-state index in [1.807, 2.05) is 64.5 Å². The van der Waals surface area contributed by atoms with E-state index in [1.54, 1.807) is 4.68 Å². The average molecular weight is 316 g/mol. The number of hydrogen-bond acceptors (Lipinski definition) is 4. The first-order valence-corrected chi connectivity index (χ1v) is 7.58. The zero-order valence-corrected chi connectivity index (χ0v) is 14.3. The lowest BCUT2D eigenvalue weighted by Gasteiger charge is -2.20. The van der Waals surface area contributed by atoms with Crippen LogP contribution in [-0.4, -0.2) is 21.5 Å². The van der Waals surface area contributed by atoms with Crippen molar-refractivity contribution in [2.24, 2.45) is 7.05 Å². The quantitative estimate of drug-likeness (QED) is 0.896. The van der Waals surface area contributed by atoms with Crippen LogP contribution in [0, 0.1) is 0 Å². The molecule has 23 heavy (non-hydrogen) atoms. The molecule has 2 rings (SSSR count). The summed E-state index contributed by atoms with van der Waals surface area (Å²) in [6, 6.07) is 7.65. The summed E-state index contributed by atoms with van der Waals surface area (Å²) in [6.45, 7) is 7.57. The minimum Gasteiger partial charge on any atom is -0.444 e. The van der Waals surface area contributed by atoms with Crippen LogP contribution in [0.15, 0.2) is 36.7 Å². The fourth-order valence-corrected chi connectivity index (χ4v) is 2.07. The Morgan fingerprint density at radius 2 is 1.83 bits per heavy atom. The summed E-state index contributed by atoms with van der Waals surface area (Å²) in [5.41, 5.74) is 2.27. The van der Waals surface area contributed by atoms with Crippen LogP contribution in [0.5, 0.6) is 0 Å². The topological polar surface area (TPSA) is 68.2 Å². The van der Waals surface area contributed by atoms with Gasteiger partial charge in [-0.05, 0) is 52.0 Å². The zero-order chi connectivity index (χ0) is 17.0. The van der Waals surface area contributed by atoms with Gasteiger partial charge < -0.3 is 10.1 Å². The second kappa shape index (κ2) is 6.73. The summed E-state index contributed by atoms with van der Waals surface area (Å²) in [4.78, 5) is 11.7. The molecule has 1 aromatic heterocycles. The first-order chi connectivity index (χ1) is 10.7. The Labute approximate surface area is 136 Å². The molecule has 1 unspecified atom stereocenters. The summed E-state index contributed by atoms with van der Waals surface area (Å²) in [5, 5.41) is 10.3. The lowest BCUT2D eigenvalue weighted by molar-refractivity contribution is 0.0636. The number of amides is 1. The molecule has 0 bridgehead atoms. The lowest BCUT2D eigenvalue weighted by atomic mass is 10.2. The van der Waals surface area contributed by atoms with Crippen LogP contribution in [0.3, 0.4) is 0 Å². The van der Waals surface area contributed by atoms with Crippen molar-refractivity contribution in [2.45, 2.75) is 39.3 Å². The van der Waals surface area contributed by atoms with Crippen molar-refractivity contribution >= 4 is 17.5 Å². The van der Waals surface area contributed by atoms with E-state index in [0.717, 1.165) is 11.3 Å². The summed E-state index contributed by atoms with van der Waals surface area (Å²) >= 11 is 0. The maximum absolute atomic E-state index is 11.7. The third-order valence-corrected chi connectivity index (χ3v) is 3.14. The molecule has 0 fully saturated rings. The van der Waals surface area contributed by atoms with Crippen LogP contribution in [0.2, 0.25) is 0 Å². The molecule has 1 aromatic carbocycles. The number of anilines is 2. The van der Waals surface area contributed by atoms with E-state index in [4.69, 9.17) is 4.74 Å². The molecule has 0 radical (unpaired) electrons. The molecule has 124 valence electrons. The maximum Gasteiger partial charge on any atom is 0.412 e. The normalized spacial score (nSPS) is 12.6. The number of carbonyl (C=O) groups excluding carboxylic acids is 1. The van der Waals surface area contributed by atoms with Crippen molar-refractivity contribution in [3.63, 3.8) is 0 Å². The Bertz CT molecular complexity index is 656. The number of hydrogen-bond donors (Lipinski definition) is 2. The van der Waals surface area contributed by atoms with E-state index in [0.29, 0.717) is 5.69 Å². The highest BCUT2D eigenvalue weighted by Gasteiger charge is 2.16. The minimum absolute atomic E-state index is 0.147.